The third-order valence-electron chi connectivity index (χ3n) is 5.64. The van der Waals surface area contributed by atoms with Gasteiger partial charge in [0.15, 0.2) is 5.52 Å². The average molecular weight is 445 g/mol. The number of imidazole rings is 1. The van der Waals surface area contributed by atoms with Gasteiger partial charge in [-0.05, 0) is 37.3 Å². The van der Waals surface area contributed by atoms with Gasteiger partial charge in [0.2, 0.25) is 11.5 Å². The molecule has 1 aromatic carbocycles. The van der Waals surface area contributed by atoms with Crippen molar-refractivity contribution >= 4 is 56.0 Å². The lowest BCUT2D eigenvalue weighted by Crippen LogP contribution is -2.48. The summed E-state index contributed by atoms with van der Waals surface area (Å²) in [4.78, 5) is 29.5. The molecule has 32 heavy (non-hydrogen) atoms. The number of pyridine rings is 1. The van der Waals surface area contributed by atoms with Crippen LogP contribution in [-0.2, 0) is 0 Å². The predicted octanol–water partition coefficient (Wildman–Crippen LogP) is 3.16. The predicted molar refractivity (Wildman–Crippen MR) is 127 cm³/mol. The van der Waals surface area contributed by atoms with Crippen LogP contribution in [0.4, 0.5) is 23.3 Å². The minimum atomic E-state index is 0.660. The molecule has 160 valence electrons. The third-order valence-corrected chi connectivity index (χ3v) is 6.57. The second kappa shape index (κ2) is 7.72. The molecule has 0 spiro atoms. The van der Waals surface area contributed by atoms with Crippen LogP contribution in [0, 0.1) is 6.92 Å². The first-order valence-corrected chi connectivity index (χ1v) is 11.4. The van der Waals surface area contributed by atoms with E-state index in [0.29, 0.717) is 11.6 Å². The van der Waals surface area contributed by atoms with E-state index in [-0.39, 0.29) is 0 Å². The summed E-state index contributed by atoms with van der Waals surface area (Å²) in [7, 11) is 0. The van der Waals surface area contributed by atoms with Gasteiger partial charge < -0.3 is 14.8 Å². The summed E-state index contributed by atoms with van der Waals surface area (Å²) < 4.78 is 1.15. The summed E-state index contributed by atoms with van der Waals surface area (Å²) in [6.07, 6.45) is 3.53. The van der Waals surface area contributed by atoms with Crippen LogP contribution in [0.3, 0.4) is 0 Å². The Morgan fingerprint density at radius 2 is 1.91 bits per heavy atom. The highest BCUT2D eigenvalue weighted by Crippen LogP contribution is 2.27. The molecule has 0 radical (unpaired) electrons. The van der Waals surface area contributed by atoms with E-state index >= 15 is 0 Å². The molecule has 1 aliphatic heterocycles. The van der Waals surface area contributed by atoms with Crippen LogP contribution in [0.5, 0.6) is 0 Å². The van der Waals surface area contributed by atoms with Crippen molar-refractivity contribution < 1.29 is 4.98 Å². The zero-order valence-electron chi connectivity index (χ0n) is 17.5. The number of benzene rings is 1. The van der Waals surface area contributed by atoms with E-state index in [4.69, 9.17) is 0 Å². The first-order chi connectivity index (χ1) is 15.7. The Bertz CT molecular complexity index is 1390. The van der Waals surface area contributed by atoms with Crippen LogP contribution in [0.2, 0.25) is 0 Å². The molecule has 1 saturated heterocycles. The largest absolute Gasteiger partial charge is 0.351 e. The molecule has 0 saturated carbocycles. The number of thiazole rings is 1. The van der Waals surface area contributed by atoms with Crippen LogP contribution in [0.1, 0.15) is 5.01 Å². The van der Waals surface area contributed by atoms with Gasteiger partial charge in [-0.2, -0.15) is 0 Å². The molecule has 5 aromatic rings. The third kappa shape index (κ3) is 3.48. The Labute approximate surface area is 188 Å². The van der Waals surface area contributed by atoms with Crippen molar-refractivity contribution in [2.45, 2.75) is 6.92 Å². The zero-order chi connectivity index (χ0) is 21.5. The molecule has 6 rings (SSSR count). The van der Waals surface area contributed by atoms with Crippen molar-refractivity contribution in [2.75, 3.05) is 41.3 Å². The van der Waals surface area contributed by atoms with Crippen LogP contribution in [-0.4, -0.2) is 51.1 Å². The maximum absolute atomic E-state index is 4.67. The molecule has 0 aliphatic carbocycles. The summed E-state index contributed by atoms with van der Waals surface area (Å²) >= 11 is 1.69. The summed E-state index contributed by atoms with van der Waals surface area (Å²) in [5.74, 6) is 2.67. The number of hydrogen-bond donors (Lipinski definition) is 2. The zero-order valence-corrected chi connectivity index (χ0v) is 18.4. The monoisotopic (exact) mass is 444 g/mol. The smallest absolute Gasteiger partial charge is 0.351 e. The lowest BCUT2D eigenvalue weighted by molar-refractivity contribution is -0.349. The number of rotatable bonds is 4. The average Bonchev–Trinajstić information content (AvgIpc) is 3.44. The molecule has 3 N–H and O–H groups in total. The van der Waals surface area contributed by atoms with Crippen LogP contribution < -0.4 is 20.1 Å². The van der Waals surface area contributed by atoms with Gasteiger partial charge in [-0.15, -0.1) is 11.3 Å². The lowest BCUT2D eigenvalue weighted by atomic mass is 10.3. The fourth-order valence-electron chi connectivity index (χ4n) is 4.11. The number of aromatic nitrogens is 6. The number of hydrogen-bond acceptors (Lipinski definition) is 8. The molecular formula is C22H22N9S+. The maximum atomic E-state index is 4.67. The standard InChI is InChI=1S/C22H21N9S/c1-14-26-16-6-5-15(12-17(16)32-14)27-22-28-20-19(24-13-25-20)21(29-22)31-10-8-30(9-11-31)18-4-2-3-7-23-18/h2-7,12-13H,8-11H2,1H3,(H2,24,25,27,28,29)/p+1. The number of aryl methyl sites for hydroxylation is 1. The fourth-order valence-corrected chi connectivity index (χ4v) is 4.97. The Hall–Kier alpha value is -3.79. The van der Waals surface area contributed by atoms with Crippen LogP contribution in [0.15, 0.2) is 48.9 Å². The minimum Gasteiger partial charge on any atom is -0.351 e. The Balaban J connectivity index is 1.27. The fraction of sp³-hybridized carbons (Fsp3) is 0.227. The molecule has 0 amide bonds. The second-order valence-corrected chi connectivity index (χ2v) is 8.97. The number of aromatic amines is 2. The van der Waals surface area contributed by atoms with E-state index in [2.05, 4.69) is 57.2 Å². The van der Waals surface area contributed by atoms with Gasteiger partial charge in [0.05, 0.1) is 40.3 Å². The van der Waals surface area contributed by atoms with E-state index in [1.165, 1.54) is 0 Å². The van der Waals surface area contributed by atoms with Crippen molar-refractivity contribution in [1.82, 2.24) is 24.9 Å². The highest BCUT2D eigenvalue weighted by Gasteiger charge is 2.26. The topological polar surface area (TPSA) is 100 Å². The summed E-state index contributed by atoms with van der Waals surface area (Å²) in [5.41, 5.74) is 3.58. The Morgan fingerprint density at radius 3 is 2.75 bits per heavy atom. The number of fused-ring (bicyclic) bond motifs is 2. The van der Waals surface area contributed by atoms with E-state index in [1.807, 2.05) is 37.4 Å². The first kappa shape index (κ1) is 18.9. The van der Waals surface area contributed by atoms with Gasteiger partial charge in [-0.1, -0.05) is 11.1 Å². The number of piperazine rings is 1. The number of nitrogens with zero attached hydrogens (tertiary/aromatic N) is 6. The van der Waals surface area contributed by atoms with E-state index in [1.54, 1.807) is 17.7 Å². The van der Waals surface area contributed by atoms with Crippen molar-refractivity contribution in [3.63, 3.8) is 0 Å². The molecular weight excluding hydrogens is 422 g/mol. The molecule has 10 heteroatoms. The number of anilines is 4. The maximum Gasteiger partial charge on any atom is 0.351 e. The van der Waals surface area contributed by atoms with Crippen molar-refractivity contribution in [2.24, 2.45) is 0 Å². The molecule has 1 aliphatic rings. The van der Waals surface area contributed by atoms with Gasteiger partial charge in [0.25, 0.3) is 0 Å². The van der Waals surface area contributed by atoms with Crippen LogP contribution >= 0.6 is 11.3 Å². The molecule has 4 aromatic heterocycles. The molecule has 9 nitrogen and oxygen atoms in total. The SMILES string of the molecule is Cc1nc2ccc(Nc3nc4nc[nH]c4c(N4CCN(c5ccccn5)CC4)[nH+]3)cc2s1. The summed E-state index contributed by atoms with van der Waals surface area (Å²) in [6, 6.07) is 12.2. The molecule has 5 heterocycles. The minimum absolute atomic E-state index is 0.660. The summed E-state index contributed by atoms with van der Waals surface area (Å²) in [5, 5.41) is 4.47. The highest BCUT2D eigenvalue weighted by atomic mass is 32.1. The van der Waals surface area contributed by atoms with Gasteiger partial charge in [-0.25, -0.2) is 19.9 Å². The van der Waals surface area contributed by atoms with E-state index in [9.17, 15) is 0 Å². The molecule has 0 unspecified atom stereocenters. The normalized spacial score (nSPS) is 14.4. The Kier molecular flexibility index (Phi) is 4.57. The molecule has 0 bridgehead atoms. The second-order valence-electron chi connectivity index (χ2n) is 7.74. The number of nitrogens with one attached hydrogen (secondary N) is 3. The van der Waals surface area contributed by atoms with Crippen molar-refractivity contribution in [1.29, 1.82) is 0 Å². The summed E-state index contributed by atoms with van der Waals surface area (Å²) in [6.45, 7) is 5.56. The first-order valence-electron chi connectivity index (χ1n) is 10.5. The highest BCUT2D eigenvalue weighted by molar-refractivity contribution is 7.18. The van der Waals surface area contributed by atoms with Crippen molar-refractivity contribution in [3.05, 3.63) is 53.9 Å². The lowest BCUT2D eigenvalue weighted by Gasteiger charge is -2.33. The number of H-pyrrole nitrogens is 2. The molecule has 0 atom stereocenters. The van der Waals surface area contributed by atoms with Crippen LogP contribution in [0.25, 0.3) is 21.4 Å². The van der Waals surface area contributed by atoms with Gasteiger partial charge in [0, 0.05) is 19.3 Å². The molecule has 1 fully saturated rings. The Morgan fingerprint density at radius 1 is 1.03 bits per heavy atom. The van der Waals surface area contributed by atoms with E-state index in [0.717, 1.165) is 64.2 Å². The quantitative estimate of drug-likeness (QED) is 0.439. The van der Waals surface area contributed by atoms with Gasteiger partial charge in [0.1, 0.15) is 5.82 Å². The van der Waals surface area contributed by atoms with Gasteiger partial charge in [-0.3, -0.25) is 5.32 Å². The van der Waals surface area contributed by atoms with E-state index < -0.39 is 0 Å². The van der Waals surface area contributed by atoms with Gasteiger partial charge >= 0.3 is 5.95 Å². The van der Waals surface area contributed by atoms with Crippen molar-refractivity contribution in [3.8, 4) is 0 Å².